The summed E-state index contributed by atoms with van der Waals surface area (Å²) < 4.78 is 6.63. The predicted molar refractivity (Wildman–Crippen MR) is 87.8 cm³/mol. The third-order valence-electron chi connectivity index (χ3n) is 3.10. The van der Waals surface area contributed by atoms with Crippen LogP contribution in [0.1, 0.15) is 24.2 Å². The lowest BCUT2D eigenvalue weighted by Gasteiger charge is -2.42. The zero-order valence-electron chi connectivity index (χ0n) is 11.3. The molecule has 1 aliphatic heterocycles. The Balaban J connectivity index is 2.23. The van der Waals surface area contributed by atoms with Gasteiger partial charge in [0.05, 0.1) is 17.3 Å². The fourth-order valence-electron chi connectivity index (χ4n) is 2.36. The molecular formula is C14H16Br2ClNO2. The Morgan fingerprint density at radius 3 is 2.85 bits per heavy atom. The molecule has 2 rings (SSSR count). The van der Waals surface area contributed by atoms with Crippen LogP contribution in [0.5, 0.6) is 0 Å². The molecule has 0 radical (unpaired) electrons. The monoisotopic (exact) mass is 423 g/mol. The topological polar surface area (TPSA) is 29.5 Å². The molecular weight excluding hydrogens is 409 g/mol. The van der Waals surface area contributed by atoms with E-state index in [1.807, 2.05) is 18.7 Å². The fourth-order valence-corrected chi connectivity index (χ4v) is 3.55. The number of hydrogen-bond acceptors (Lipinski definition) is 2. The van der Waals surface area contributed by atoms with E-state index in [0.29, 0.717) is 29.0 Å². The molecule has 1 amide bonds. The highest BCUT2D eigenvalue weighted by molar-refractivity contribution is 9.10. The second-order valence-electron chi connectivity index (χ2n) is 5.46. The van der Waals surface area contributed by atoms with E-state index in [-0.39, 0.29) is 17.6 Å². The van der Waals surface area contributed by atoms with Crippen molar-refractivity contribution in [3.8, 4) is 0 Å². The van der Waals surface area contributed by atoms with Gasteiger partial charge in [0.2, 0.25) is 0 Å². The number of carbonyl (C=O) groups is 1. The average molecular weight is 426 g/mol. The molecule has 0 aromatic heterocycles. The molecule has 1 saturated heterocycles. The molecule has 0 N–H and O–H groups in total. The van der Waals surface area contributed by atoms with Gasteiger partial charge in [0.1, 0.15) is 0 Å². The summed E-state index contributed by atoms with van der Waals surface area (Å²) in [5.74, 6) is -0.00383. The summed E-state index contributed by atoms with van der Waals surface area (Å²) in [7, 11) is 0. The molecule has 0 spiro atoms. The minimum absolute atomic E-state index is 0.00383. The van der Waals surface area contributed by atoms with Gasteiger partial charge in [-0.2, -0.15) is 0 Å². The number of benzene rings is 1. The number of morpholine rings is 1. The minimum atomic E-state index is -0.342. The SMILES string of the molecule is CC1(C)CN(C(=O)c2ccc(Cl)cc2Br)CC(CBr)O1. The first-order chi connectivity index (χ1) is 9.32. The van der Waals surface area contributed by atoms with Crippen molar-refractivity contribution in [3.05, 3.63) is 33.3 Å². The number of halogens is 3. The van der Waals surface area contributed by atoms with Gasteiger partial charge in [0.25, 0.3) is 5.91 Å². The summed E-state index contributed by atoms with van der Waals surface area (Å²) in [5, 5.41) is 1.32. The summed E-state index contributed by atoms with van der Waals surface area (Å²) >= 11 is 12.7. The van der Waals surface area contributed by atoms with Crippen molar-refractivity contribution in [3.63, 3.8) is 0 Å². The Kier molecular flexibility index (Phi) is 5.16. The van der Waals surface area contributed by atoms with Crippen LogP contribution in [0.25, 0.3) is 0 Å². The molecule has 1 unspecified atom stereocenters. The van der Waals surface area contributed by atoms with Crippen molar-refractivity contribution >= 4 is 49.4 Å². The van der Waals surface area contributed by atoms with E-state index >= 15 is 0 Å². The molecule has 0 aliphatic carbocycles. The van der Waals surface area contributed by atoms with E-state index in [4.69, 9.17) is 16.3 Å². The molecule has 1 fully saturated rings. The highest BCUT2D eigenvalue weighted by atomic mass is 79.9. The largest absolute Gasteiger partial charge is 0.368 e. The second-order valence-corrected chi connectivity index (χ2v) is 7.40. The van der Waals surface area contributed by atoms with Crippen LogP contribution in [-0.2, 0) is 4.74 Å². The summed E-state index contributed by atoms with van der Waals surface area (Å²) in [6, 6.07) is 5.22. The van der Waals surface area contributed by atoms with E-state index in [2.05, 4.69) is 31.9 Å². The lowest BCUT2D eigenvalue weighted by atomic mass is 10.0. The molecule has 1 aromatic rings. The third kappa shape index (κ3) is 3.75. The van der Waals surface area contributed by atoms with E-state index in [1.165, 1.54) is 0 Å². The van der Waals surface area contributed by atoms with Crippen LogP contribution in [0.4, 0.5) is 0 Å². The first-order valence-corrected chi connectivity index (χ1v) is 8.60. The van der Waals surface area contributed by atoms with Gasteiger partial charge in [-0.25, -0.2) is 0 Å². The van der Waals surface area contributed by atoms with Gasteiger partial charge in [-0.1, -0.05) is 27.5 Å². The van der Waals surface area contributed by atoms with Crippen molar-refractivity contribution in [1.29, 1.82) is 0 Å². The quantitative estimate of drug-likeness (QED) is 0.668. The molecule has 1 aliphatic rings. The van der Waals surface area contributed by atoms with Crippen LogP contribution in [-0.4, -0.2) is 40.9 Å². The maximum Gasteiger partial charge on any atom is 0.255 e. The number of rotatable bonds is 2. The highest BCUT2D eigenvalue weighted by Crippen LogP contribution is 2.27. The Morgan fingerprint density at radius 2 is 2.25 bits per heavy atom. The van der Waals surface area contributed by atoms with Crippen LogP contribution in [0.15, 0.2) is 22.7 Å². The predicted octanol–water partition coefficient (Wildman–Crippen LogP) is 4.12. The fraction of sp³-hybridized carbons (Fsp3) is 0.500. The molecule has 1 aromatic carbocycles. The van der Waals surface area contributed by atoms with Crippen LogP contribution in [0, 0.1) is 0 Å². The summed E-state index contributed by atoms with van der Waals surface area (Å²) in [6.45, 7) is 5.16. The molecule has 0 bridgehead atoms. The number of hydrogen-bond donors (Lipinski definition) is 0. The van der Waals surface area contributed by atoms with Crippen molar-refractivity contribution in [2.24, 2.45) is 0 Å². The van der Waals surface area contributed by atoms with Gasteiger partial charge in [0.15, 0.2) is 0 Å². The summed E-state index contributed by atoms with van der Waals surface area (Å²) in [6.07, 6.45) is 0.00813. The first kappa shape index (κ1) is 16.3. The Morgan fingerprint density at radius 1 is 1.55 bits per heavy atom. The minimum Gasteiger partial charge on any atom is -0.368 e. The number of carbonyl (C=O) groups excluding carboxylic acids is 1. The maximum atomic E-state index is 12.7. The number of alkyl halides is 1. The van der Waals surface area contributed by atoms with E-state index in [1.54, 1.807) is 18.2 Å². The van der Waals surface area contributed by atoms with E-state index in [9.17, 15) is 4.79 Å². The third-order valence-corrected chi connectivity index (χ3v) is 4.72. The van der Waals surface area contributed by atoms with Crippen LogP contribution in [0.2, 0.25) is 5.02 Å². The number of nitrogens with zero attached hydrogens (tertiary/aromatic N) is 1. The van der Waals surface area contributed by atoms with E-state index in [0.717, 1.165) is 4.47 Å². The molecule has 20 heavy (non-hydrogen) atoms. The summed E-state index contributed by atoms with van der Waals surface area (Å²) in [4.78, 5) is 14.5. The second kappa shape index (κ2) is 6.34. The summed E-state index contributed by atoms with van der Waals surface area (Å²) in [5.41, 5.74) is 0.283. The van der Waals surface area contributed by atoms with E-state index < -0.39 is 0 Å². The molecule has 110 valence electrons. The van der Waals surface area contributed by atoms with Crippen molar-refractivity contribution in [1.82, 2.24) is 4.90 Å². The van der Waals surface area contributed by atoms with Crippen LogP contribution < -0.4 is 0 Å². The Hall–Kier alpha value is -0.100. The Labute approximate surface area is 140 Å². The van der Waals surface area contributed by atoms with Crippen molar-refractivity contribution in [2.45, 2.75) is 25.6 Å². The molecule has 0 saturated carbocycles. The lowest BCUT2D eigenvalue weighted by molar-refractivity contribution is -0.116. The van der Waals surface area contributed by atoms with Gasteiger partial charge in [-0.3, -0.25) is 4.79 Å². The maximum absolute atomic E-state index is 12.7. The first-order valence-electron chi connectivity index (χ1n) is 6.30. The van der Waals surface area contributed by atoms with Crippen LogP contribution in [0.3, 0.4) is 0 Å². The smallest absolute Gasteiger partial charge is 0.255 e. The number of ether oxygens (including phenoxy) is 1. The average Bonchev–Trinajstić information content (AvgIpc) is 2.36. The molecule has 1 heterocycles. The van der Waals surface area contributed by atoms with Gasteiger partial charge >= 0.3 is 0 Å². The van der Waals surface area contributed by atoms with Gasteiger partial charge in [0, 0.05) is 27.9 Å². The molecule has 6 heteroatoms. The van der Waals surface area contributed by atoms with Gasteiger partial charge < -0.3 is 9.64 Å². The standard InChI is InChI=1S/C14H16Br2ClNO2/c1-14(2)8-18(7-10(6-15)20-14)13(19)11-4-3-9(17)5-12(11)16/h3-5,10H,6-8H2,1-2H3. The van der Waals surface area contributed by atoms with Crippen LogP contribution >= 0.6 is 43.5 Å². The Bertz CT molecular complexity index is 522. The number of amides is 1. The van der Waals surface area contributed by atoms with Gasteiger partial charge in [-0.05, 0) is 48.0 Å². The zero-order valence-corrected chi connectivity index (χ0v) is 15.3. The molecule has 3 nitrogen and oxygen atoms in total. The van der Waals surface area contributed by atoms with Gasteiger partial charge in [-0.15, -0.1) is 0 Å². The zero-order chi connectivity index (χ0) is 14.9. The van der Waals surface area contributed by atoms with Crippen molar-refractivity contribution < 1.29 is 9.53 Å². The normalized spacial score (nSPS) is 21.9. The lowest BCUT2D eigenvalue weighted by Crippen LogP contribution is -2.55. The molecule has 1 atom stereocenters. The highest BCUT2D eigenvalue weighted by Gasteiger charge is 2.35. The van der Waals surface area contributed by atoms with Crippen molar-refractivity contribution in [2.75, 3.05) is 18.4 Å².